The third kappa shape index (κ3) is 2.24. The number of carbonyl (C=O) groups is 1. The number of nitrogens with one attached hydrogen (secondary N) is 2. The quantitative estimate of drug-likeness (QED) is 0.749. The Balaban J connectivity index is 1.93. The van der Waals surface area contributed by atoms with Crippen molar-refractivity contribution in [1.29, 1.82) is 0 Å². The molecule has 0 aromatic heterocycles. The standard InChI is InChI=1S/C13H24N2O/c1-12(2)6-5-7-14-10(12)11(16)15-9-8-13(9,3)4/h9-10,14H,5-8H2,1-4H3,(H,15,16). The minimum Gasteiger partial charge on any atom is -0.351 e. The molecule has 1 saturated heterocycles. The number of hydrogen-bond acceptors (Lipinski definition) is 2. The van der Waals surface area contributed by atoms with E-state index in [1.807, 2.05) is 0 Å². The van der Waals surface area contributed by atoms with Crippen molar-refractivity contribution in [2.45, 2.75) is 59.0 Å². The van der Waals surface area contributed by atoms with Crippen molar-refractivity contribution in [3.8, 4) is 0 Å². The van der Waals surface area contributed by atoms with Gasteiger partial charge in [-0.1, -0.05) is 27.7 Å². The van der Waals surface area contributed by atoms with Gasteiger partial charge in [0.05, 0.1) is 6.04 Å². The van der Waals surface area contributed by atoms with Gasteiger partial charge in [-0.2, -0.15) is 0 Å². The van der Waals surface area contributed by atoms with Crippen LogP contribution in [0.25, 0.3) is 0 Å². The van der Waals surface area contributed by atoms with Gasteiger partial charge in [-0.05, 0) is 36.6 Å². The lowest BCUT2D eigenvalue weighted by Crippen LogP contribution is -2.56. The van der Waals surface area contributed by atoms with Crippen LogP contribution in [0.15, 0.2) is 0 Å². The van der Waals surface area contributed by atoms with E-state index in [-0.39, 0.29) is 17.4 Å². The molecule has 2 N–H and O–H groups in total. The highest BCUT2D eigenvalue weighted by molar-refractivity contribution is 5.83. The summed E-state index contributed by atoms with van der Waals surface area (Å²) in [5, 5.41) is 6.53. The van der Waals surface area contributed by atoms with Crippen molar-refractivity contribution < 1.29 is 4.79 Å². The van der Waals surface area contributed by atoms with Crippen LogP contribution >= 0.6 is 0 Å². The third-order valence-corrected chi connectivity index (χ3v) is 4.22. The van der Waals surface area contributed by atoms with Crippen molar-refractivity contribution in [3.63, 3.8) is 0 Å². The molecular formula is C13H24N2O. The fraction of sp³-hybridized carbons (Fsp3) is 0.923. The molecule has 1 aliphatic carbocycles. The summed E-state index contributed by atoms with van der Waals surface area (Å²) in [4.78, 5) is 12.2. The Hall–Kier alpha value is -0.570. The Morgan fingerprint density at radius 3 is 2.38 bits per heavy atom. The molecule has 16 heavy (non-hydrogen) atoms. The van der Waals surface area contributed by atoms with E-state index in [1.165, 1.54) is 6.42 Å². The van der Waals surface area contributed by atoms with Gasteiger partial charge in [0.2, 0.25) is 5.91 Å². The summed E-state index contributed by atoms with van der Waals surface area (Å²) in [6.07, 6.45) is 3.42. The molecule has 3 heteroatoms. The lowest BCUT2D eigenvalue weighted by molar-refractivity contribution is -0.127. The Bertz CT molecular complexity index is 296. The second kappa shape index (κ2) is 3.73. The maximum atomic E-state index is 12.2. The molecule has 2 aliphatic rings. The van der Waals surface area contributed by atoms with Crippen LogP contribution in [0.1, 0.15) is 47.0 Å². The molecule has 3 nitrogen and oxygen atoms in total. The molecule has 0 spiro atoms. The summed E-state index contributed by atoms with van der Waals surface area (Å²) in [7, 11) is 0. The zero-order valence-corrected chi connectivity index (χ0v) is 10.9. The molecule has 2 fully saturated rings. The van der Waals surface area contributed by atoms with Crippen molar-refractivity contribution in [3.05, 3.63) is 0 Å². The molecule has 1 aliphatic heterocycles. The lowest BCUT2D eigenvalue weighted by atomic mass is 9.77. The summed E-state index contributed by atoms with van der Waals surface area (Å²) in [6, 6.07) is 0.372. The van der Waals surface area contributed by atoms with E-state index in [0.717, 1.165) is 19.4 Å². The van der Waals surface area contributed by atoms with Gasteiger partial charge in [-0.15, -0.1) is 0 Å². The second-order valence-electron chi connectivity index (χ2n) is 6.73. The second-order valence-corrected chi connectivity index (χ2v) is 6.73. The summed E-state index contributed by atoms with van der Waals surface area (Å²) in [5.74, 6) is 0.195. The number of hydrogen-bond donors (Lipinski definition) is 2. The Morgan fingerprint density at radius 1 is 1.25 bits per heavy atom. The van der Waals surface area contributed by atoms with Crippen LogP contribution in [0.4, 0.5) is 0 Å². The maximum absolute atomic E-state index is 12.2. The molecule has 0 aromatic carbocycles. The summed E-state index contributed by atoms with van der Waals surface area (Å²) in [5.41, 5.74) is 0.399. The van der Waals surface area contributed by atoms with Gasteiger partial charge in [0, 0.05) is 6.04 Å². The normalized spacial score (nSPS) is 35.5. The lowest BCUT2D eigenvalue weighted by Gasteiger charge is -2.38. The first-order chi connectivity index (χ1) is 7.33. The predicted molar refractivity (Wildman–Crippen MR) is 65.1 cm³/mol. The van der Waals surface area contributed by atoms with Gasteiger partial charge in [-0.3, -0.25) is 4.79 Å². The highest BCUT2D eigenvalue weighted by Gasteiger charge is 2.48. The van der Waals surface area contributed by atoms with Gasteiger partial charge in [0.1, 0.15) is 0 Å². The summed E-state index contributed by atoms with van der Waals surface area (Å²) >= 11 is 0. The van der Waals surface area contributed by atoms with E-state index >= 15 is 0 Å². The molecule has 2 atom stereocenters. The van der Waals surface area contributed by atoms with Gasteiger partial charge < -0.3 is 10.6 Å². The van der Waals surface area contributed by atoms with E-state index in [9.17, 15) is 4.79 Å². The molecule has 0 radical (unpaired) electrons. The van der Waals surface area contributed by atoms with Crippen LogP contribution in [-0.2, 0) is 4.79 Å². The molecule has 2 unspecified atom stereocenters. The number of amides is 1. The minimum absolute atomic E-state index is 0.0161. The molecular weight excluding hydrogens is 200 g/mol. The van der Waals surface area contributed by atoms with Crippen LogP contribution < -0.4 is 10.6 Å². The largest absolute Gasteiger partial charge is 0.351 e. The Labute approximate surface area is 98.4 Å². The third-order valence-electron chi connectivity index (χ3n) is 4.22. The molecule has 92 valence electrons. The van der Waals surface area contributed by atoms with E-state index in [4.69, 9.17) is 0 Å². The number of piperidine rings is 1. The van der Waals surface area contributed by atoms with Crippen molar-refractivity contribution in [2.24, 2.45) is 10.8 Å². The fourth-order valence-corrected chi connectivity index (χ4v) is 2.63. The molecule has 2 rings (SSSR count). The molecule has 1 heterocycles. The highest BCUT2D eigenvalue weighted by atomic mass is 16.2. The van der Waals surface area contributed by atoms with E-state index < -0.39 is 0 Å². The minimum atomic E-state index is -0.0161. The maximum Gasteiger partial charge on any atom is 0.237 e. The predicted octanol–water partition coefficient (Wildman–Crippen LogP) is 1.68. The first kappa shape index (κ1) is 11.9. The van der Waals surface area contributed by atoms with Gasteiger partial charge in [-0.25, -0.2) is 0 Å². The van der Waals surface area contributed by atoms with E-state index in [1.54, 1.807) is 0 Å². The fourth-order valence-electron chi connectivity index (χ4n) is 2.63. The first-order valence-electron chi connectivity index (χ1n) is 6.37. The SMILES string of the molecule is CC1(C)CC1NC(=O)C1NCCCC1(C)C. The highest BCUT2D eigenvalue weighted by Crippen LogP contribution is 2.44. The van der Waals surface area contributed by atoms with Gasteiger partial charge in [0.15, 0.2) is 0 Å². The van der Waals surface area contributed by atoms with Crippen molar-refractivity contribution >= 4 is 5.91 Å². The van der Waals surface area contributed by atoms with Crippen molar-refractivity contribution in [2.75, 3.05) is 6.54 Å². The van der Waals surface area contributed by atoms with Gasteiger partial charge >= 0.3 is 0 Å². The average Bonchev–Trinajstić information content (AvgIpc) is 2.72. The Kier molecular flexibility index (Phi) is 2.77. The van der Waals surface area contributed by atoms with E-state index in [0.29, 0.717) is 11.5 Å². The number of carbonyl (C=O) groups excluding carboxylic acids is 1. The first-order valence-corrected chi connectivity index (χ1v) is 6.37. The van der Waals surface area contributed by atoms with Gasteiger partial charge in [0.25, 0.3) is 0 Å². The summed E-state index contributed by atoms with van der Waals surface area (Å²) in [6.45, 7) is 9.74. The summed E-state index contributed by atoms with van der Waals surface area (Å²) < 4.78 is 0. The van der Waals surface area contributed by atoms with Crippen LogP contribution in [0.2, 0.25) is 0 Å². The van der Waals surface area contributed by atoms with Crippen LogP contribution in [-0.4, -0.2) is 24.5 Å². The zero-order chi connectivity index (χ0) is 12.0. The Morgan fingerprint density at radius 2 is 1.88 bits per heavy atom. The molecule has 0 aromatic rings. The molecule has 0 bridgehead atoms. The topological polar surface area (TPSA) is 41.1 Å². The zero-order valence-electron chi connectivity index (χ0n) is 10.9. The van der Waals surface area contributed by atoms with Crippen LogP contribution in [0.3, 0.4) is 0 Å². The monoisotopic (exact) mass is 224 g/mol. The number of rotatable bonds is 2. The molecule has 1 amide bonds. The molecule has 1 saturated carbocycles. The smallest absolute Gasteiger partial charge is 0.237 e. The van der Waals surface area contributed by atoms with Crippen LogP contribution in [0.5, 0.6) is 0 Å². The average molecular weight is 224 g/mol. The van der Waals surface area contributed by atoms with Crippen molar-refractivity contribution in [1.82, 2.24) is 10.6 Å². The van der Waals surface area contributed by atoms with Crippen LogP contribution in [0, 0.1) is 10.8 Å². The van der Waals surface area contributed by atoms with E-state index in [2.05, 4.69) is 38.3 Å².